The molecule has 1 aliphatic rings. The highest BCUT2D eigenvalue weighted by Crippen LogP contribution is 2.50. The van der Waals surface area contributed by atoms with Crippen LogP contribution in [0, 0.1) is 0 Å². The van der Waals surface area contributed by atoms with Crippen molar-refractivity contribution >= 4 is 34.7 Å². The van der Waals surface area contributed by atoms with E-state index in [0.717, 1.165) is 13.1 Å². The number of aromatic nitrogens is 3. The van der Waals surface area contributed by atoms with Crippen LogP contribution in [0.3, 0.4) is 0 Å². The Hall–Kier alpha value is -3.27. The lowest BCUT2D eigenvalue weighted by atomic mass is 10.0. The summed E-state index contributed by atoms with van der Waals surface area (Å²) in [6.45, 7) is 0. The number of benzene rings is 1. The first-order valence-electron chi connectivity index (χ1n) is 10.4. The Morgan fingerprint density at radius 3 is 2.32 bits per heavy atom. The fraction of sp³-hybridized carbons (Fsp3) is 0.333. The number of halogens is 9. The molecular weight excluding hydrogens is 574 g/mol. The number of nitrogens with zero attached hydrogens (tertiary/aromatic N) is 3. The lowest BCUT2D eigenvalue weighted by Gasteiger charge is -2.19. The largest absolute Gasteiger partial charge is 0.459 e. The molecular formula is C21H14ClF8N5O2S. The van der Waals surface area contributed by atoms with Gasteiger partial charge in [0.15, 0.2) is 11.5 Å². The van der Waals surface area contributed by atoms with Crippen molar-refractivity contribution in [3.05, 3.63) is 46.1 Å². The summed E-state index contributed by atoms with van der Waals surface area (Å²) in [7, 11) is 0.745. The number of amides is 1. The molecule has 3 N–H and O–H groups in total. The SMILES string of the molecule is Cn1nc(C(F)(F)C(F)(F)F)c(C(F)(F)F)c1-c1cc(-c2ccc(Cl)c(C(=O)NC3(C(N)=S)CC3)c2)on1. The van der Waals surface area contributed by atoms with Crippen molar-refractivity contribution in [2.75, 3.05) is 0 Å². The van der Waals surface area contributed by atoms with Gasteiger partial charge in [0, 0.05) is 18.7 Å². The third-order valence-electron chi connectivity index (χ3n) is 5.81. The topological polar surface area (TPSA) is 99.0 Å². The fourth-order valence-electron chi connectivity index (χ4n) is 3.66. The van der Waals surface area contributed by atoms with Crippen molar-refractivity contribution in [3.63, 3.8) is 0 Å². The maximum atomic E-state index is 14.0. The fourth-order valence-corrected chi connectivity index (χ4v) is 4.12. The molecule has 1 aromatic carbocycles. The minimum absolute atomic E-state index is 0.00487. The highest BCUT2D eigenvalue weighted by atomic mass is 35.5. The number of carbonyl (C=O) groups is 1. The maximum Gasteiger partial charge on any atom is 0.459 e. The Kier molecular flexibility index (Phi) is 6.50. The molecule has 7 nitrogen and oxygen atoms in total. The first kappa shape index (κ1) is 27.8. The minimum atomic E-state index is -6.35. The number of rotatable bonds is 6. The average Bonchev–Trinajstić information content (AvgIpc) is 3.24. The van der Waals surface area contributed by atoms with Crippen molar-refractivity contribution in [2.24, 2.45) is 12.8 Å². The van der Waals surface area contributed by atoms with Gasteiger partial charge in [0.05, 0.1) is 21.1 Å². The van der Waals surface area contributed by atoms with E-state index < -0.39 is 52.4 Å². The molecule has 38 heavy (non-hydrogen) atoms. The van der Waals surface area contributed by atoms with Gasteiger partial charge in [-0.25, -0.2) is 0 Å². The van der Waals surface area contributed by atoms with Crippen molar-refractivity contribution in [3.8, 4) is 22.7 Å². The summed E-state index contributed by atoms with van der Waals surface area (Å²) in [5, 5.41) is 8.90. The van der Waals surface area contributed by atoms with Crippen LogP contribution in [-0.4, -0.2) is 37.5 Å². The number of thiocarbonyl (C=S) groups is 1. The number of hydrogen-bond acceptors (Lipinski definition) is 5. The quantitative estimate of drug-likeness (QED) is 0.287. The molecule has 0 aliphatic heterocycles. The molecule has 0 atom stereocenters. The van der Waals surface area contributed by atoms with Crippen molar-refractivity contribution < 1.29 is 44.4 Å². The molecule has 3 aromatic rings. The molecule has 1 saturated carbocycles. The Bertz CT molecular complexity index is 1440. The normalized spacial score (nSPS) is 15.4. The number of alkyl halides is 8. The van der Waals surface area contributed by atoms with Gasteiger partial charge in [0.2, 0.25) is 0 Å². The van der Waals surface area contributed by atoms with Gasteiger partial charge in [-0.2, -0.15) is 40.2 Å². The molecule has 1 aliphatic carbocycles. The maximum absolute atomic E-state index is 14.0. The predicted molar refractivity (Wildman–Crippen MR) is 120 cm³/mol. The zero-order valence-corrected chi connectivity index (χ0v) is 20.3. The van der Waals surface area contributed by atoms with Gasteiger partial charge in [-0.15, -0.1) is 0 Å². The molecule has 0 radical (unpaired) electrons. The van der Waals surface area contributed by atoms with Gasteiger partial charge in [-0.05, 0) is 31.0 Å². The lowest BCUT2D eigenvalue weighted by Crippen LogP contribution is -2.45. The van der Waals surface area contributed by atoms with Crippen molar-refractivity contribution in [2.45, 2.75) is 36.7 Å². The second-order valence-corrected chi connectivity index (χ2v) is 9.28. The molecule has 0 saturated heterocycles. The van der Waals surface area contributed by atoms with Crippen molar-refractivity contribution in [1.82, 2.24) is 20.3 Å². The van der Waals surface area contributed by atoms with Crippen molar-refractivity contribution in [1.29, 1.82) is 0 Å². The van der Waals surface area contributed by atoms with Gasteiger partial charge in [0.1, 0.15) is 17.0 Å². The zero-order chi connectivity index (χ0) is 28.4. The molecule has 2 aromatic heterocycles. The number of nitrogens with one attached hydrogen (secondary N) is 1. The van der Waals surface area contributed by atoms with E-state index in [1.54, 1.807) is 0 Å². The van der Waals surface area contributed by atoms with E-state index in [0.29, 0.717) is 12.8 Å². The van der Waals surface area contributed by atoms with Crippen LogP contribution in [-0.2, 0) is 19.1 Å². The van der Waals surface area contributed by atoms with Crippen LogP contribution >= 0.6 is 23.8 Å². The van der Waals surface area contributed by atoms with Crippen LogP contribution in [0.1, 0.15) is 34.5 Å². The van der Waals surface area contributed by atoms with Crippen LogP contribution in [0.5, 0.6) is 0 Å². The van der Waals surface area contributed by atoms with E-state index in [2.05, 4.69) is 15.6 Å². The number of carbonyl (C=O) groups excluding carboxylic acids is 1. The first-order chi connectivity index (χ1) is 17.4. The van der Waals surface area contributed by atoms with Gasteiger partial charge >= 0.3 is 18.3 Å². The van der Waals surface area contributed by atoms with Crippen LogP contribution in [0.4, 0.5) is 35.1 Å². The Morgan fingerprint density at radius 2 is 1.79 bits per heavy atom. The smallest absolute Gasteiger partial charge is 0.391 e. The first-order valence-corrected chi connectivity index (χ1v) is 11.2. The van der Waals surface area contributed by atoms with Crippen LogP contribution in [0.2, 0.25) is 5.02 Å². The molecule has 1 amide bonds. The van der Waals surface area contributed by atoms with Gasteiger partial charge in [0.25, 0.3) is 5.91 Å². The van der Waals surface area contributed by atoms with E-state index >= 15 is 0 Å². The number of aryl methyl sites for hydroxylation is 1. The average molecular weight is 588 g/mol. The molecule has 204 valence electrons. The van der Waals surface area contributed by atoms with E-state index in [1.807, 2.05) is 0 Å². The minimum Gasteiger partial charge on any atom is -0.391 e. The van der Waals surface area contributed by atoms with Crippen LogP contribution in [0.15, 0.2) is 28.8 Å². The molecule has 0 bridgehead atoms. The highest BCUT2D eigenvalue weighted by molar-refractivity contribution is 7.80. The number of nitrogens with two attached hydrogens (primary N) is 1. The number of hydrogen-bond donors (Lipinski definition) is 2. The van der Waals surface area contributed by atoms with E-state index in [4.69, 9.17) is 34.1 Å². The third-order valence-corrected chi connectivity index (χ3v) is 6.53. The Balaban J connectivity index is 1.76. The summed E-state index contributed by atoms with van der Waals surface area (Å²) in [5.41, 5.74) is -2.00. The molecule has 17 heteroatoms. The van der Waals surface area contributed by atoms with E-state index in [-0.39, 0.29) is 31.6 Å². The lowest BCUT2D eigenvalue weighted by molar-refractivity contribution is -0.292. The predicted octanol–water partition coefficient (Wildman–Crippen LogP) is 5.62. The molecule has 1 fully saturated rings. The second-order valence-electron chi connectivity index (χ2n) is 8.44. The van der Waals surface area contributed by atoms with Crippen LogP contribution < -0.4 is 11.1 Å². The van der Waals surface area contributed by atoms with E-state index in [9.17, 15) is 39.9 Å². The monoisotopic (exact) mass is 587 g/mol. The summed E-state index contributed by atoms with van der Waals surface area (Å²) in [4.78, 5) is 12.8. The molecule has 0 spiro atoms. The highest BCUT2D eigenvalue weighted by Gasteiger charge is 2.64. The second kappa shape index (κ2) is 8.90. The van der Waals surface area contributed by atoms with Gasteiger partial charge in [-0.1, -0.05) is 29.0 Å². The Labute approximate surface area is 217 Å². The summed E-state index contributed by atoms with van der Waals surface area (Å²) >= 11 is 11.1. The molecule has 2 heterocycles. The van der Waals surface area contributed by atoms with Gasteiger partial charge in [-0.3, -0.25) is 9.48 Å². The third kappa shape index (κ3) is 4.70. The molecule has 4 rings (SSSR count). The Morgan fingerprint density at radius 1 is 1.16 bits per heavy atom. The zero-order valence-electron chi connectivity index (χ0n) is 18.8. The molecule has 0 unspecified atom stereocenters. The summed E-state index contributed by atoms with van der Waals surface area (Å²) < 4.78 is 113. The summed E-state index contributed by atoms with van der Waals surface area (Å²) in [6, 6.07) is 4.68. The van der Waals surface area contributed by atoms with Crippen LogP contribution in [0.25, 0.3) is 22.7 Å². The standard InChI is InChI=1S/C21H14ClF8N5O2S/c1-35-14(13(20(25,26)27)15(33-35)19(23,24)21(28,29)30)11-7-12(37-34-11)8-2-3-10(22)9(6-8)16(36)32-18(4-5-18)17(31)38/h2-3,6-7H,4-5H2,1H3,(H2,31,38)(H,32,36). The summed E-state index contributed by atoms with van der Waals surface area (Å²) in [5.74, 6) is -6.82. The van der Waals surface area contributed by atoms with Gasteiger partial charge < -0.3 is 15.6 Å². The van der Waals surface area contributed by atoms with E-state index in [1.165, 1.54) is 18.2 Å². The summed E-state index contributed by atoms with van der Waals surface area (Å²) in [6.07, 6.45) is -11.0.